The van der Waals surface area contributed by atoms with Crippen LogP contribution in [0.15, 0.2) is 42.5 Å². The van der Waals surface area contributed by atoms with E-state index in [0.29, 0.717) is 16.9 Å². The molecule has 0 aliphatic rings. The molecule has 1 atom stereocenters. The van der Waals surface area contributed by atoms with Crippen molar-refractivity contribution in [1.82, 2.24) is 0 Å². The molecule has 1 amide bonds. The third-order valence-electron chi connectivity index (χ3n) is 4.37. The minimum Gasteiger partial charge on any atom is -0.451 e. The van der Waals surface area contributed by atoms with Crippen molar-refractivity contribution in [2.24, 2.45) is 0 Å². The SMILES string of the molecule is Cc1ccc(NC(=O)[C@H](C)OC(=O)CN(c2ccccc2C)S(C)(=O)=O)c(C)c1. The number of carbonyl (C=O) groups excluding carboxylic acids is 2. The van der Waals surface area contributed by atoms with Crippen LogP contribution < -0.4 is 9.62 Å². The van der Waals surface area contributed by atoms with Crippen molar-refractivity contribution < 1.29 is 22.7 Å². The maximum atomic E-state index is 12.4. The van der Waals surface area contributed by atoms with Gasteiger partial charge >= 0.3 is 5.97 Å². The molecule has 7 nitrogen and oxygen atoms in total. The molecule has 1 N–H and O–H groups in total. The molecule has 0 radical (unpaired) electrons. The van der Waals surface area contributed by atoms with Gasteiger partial charge in [-0.25, -0.2) is 8.42 Å². The topological polar surface area (TPSA) is 92.8 Å². The summed E-state index contributed by atoms with van der Waals surface area (Å²) in [6.07, 6.45) is -0.0651. The van der Waals surface area contributed by atoms with Crippen LogP contribution in [0, 0.1) is 20.8 Å². The summed E-state index contributed by atoms with van der Waals surface area (Å²) in [5.41, 5.74) is 3.67. The second-order valence-corrected chi connectivity index (χ2v) is 8.90. The van der Waals surface area contributed by atoms with Gasteiger partial charge in [-0.3, -0.25) is 13.9 Å². The first-order valence-corrected chi connectivity index (χ1v) is 10.9. The fourth-order valence-corrected chi connectivity index (χ4v) is 3.72. The van der Waals surface area contributed by atoms with Crippen LogP contribution in [0.4, 0.5) is 11.4 Å². The van der Waals surface area contributed by atoms with Crippen molar-refractivity contribution in [3.8, 4) is 0 Å². The average Bonchev–Trinajstić information content (AvgIpc) is 2.61. The lowest BCUT2D eigenvalue weighted by atomic mass is 10.1. The van der Waals surface area contributed by atoms with E-state index in [2.05, 4.69) is 5.32 Å². The predicted molar refractivity (Wildman–Crippen MR) is 113 cm³/mol. The first kappa shape index (κ1) is 22.4. The molecule has 8 heteroatoms. The number of hydrogen-bond donors (Lipinski definition) is 1. The summed E-state index contributed by atoms with van der Waals surface area (Å²) in [7, 11) is -3.72. The number of ether oxygens (including phenoxy) is 1. The molecule has 156 valence electrons. The van der Waals surface area contributed by atoms with Crippen molar-refractivity contribution in [3.05, 3.63) is 59.2 Å². The summed E-state index contributed by atoms with van der Waals surface area (Å²) in [6, 6.07) is 12.4. The Morgan fingerprint density at radius 2 is 1.72 bits per heavy atom. The number of aryl methyl sites for hydroxylation is 3. The van der Waals surface area contributed by atoms with Gasteiger partial charge in [0.2, 0.25) is 10.0 Å². The van der Waals surface area contributed by atoms with Crippen LogP contribution in [0.5, 0.6) is 0 Å². The summed E-state index contributed by atoms with van der Waals surface area (Å²) in [6.45, 7) is 6.48. The number of esters is 1. The molecule has 2 rings (SSSR count). The van der Waals surface area contributed by atoms with Crippen molar-refractivity contribution in [1.29, 1.82) is 0 Å². The Morgan fingerprint density at radius 1 is 1.07 bits per heavy atom. The van der Waals surface area contributed by atoms with Gasteiger partial charge in [-0.2, -0.15) is 0 Å². The molecule has 0 aromatic heterocycles. The molecule has 0 aliphatic carbocycles. The van der Waals surface area contributed by atoms with Gasteiger partial charge < -0.3 is 10.1 Å². The zero-order chi connectivity index (χ0) is 21.8. The number of benzene rings is 2. The Hall–Kier alpha value is -2.87. The highest BCUT2D eigenvalue weighted by atomic mass is 32.2. The van der Waals surface area contributed by atoms with Gasteiger partial charge in [0.15, 0.2) is 6.10 Å². The molecule has 0 spiro atoms. The summed E-state index contributed by atoms with van der Waals surface area (Å²) >= 11 is 0. The van der Waals surface area contributed by atoms with Crippen molar-refractivity contribution in [2.75, 3.05) is 22.4 Å². The quantitative estimate of drug-likeness (QED) is 0.698. The normalized spacial score (nSPS) is 12.2. The van der Waals surface area contributed by atoms with Gasteiger partial charge in [-0.1, -0.05) is 35.9 Å². The van der Waals surface area contributed by atoms with Crippen LogP contribution in [0.1, 0.15) is 23.6 Å². The van der Waals surface area contributed by atoms with E-state index in [4.69, 9.17) is 4.74 Å². The molecular formula is C21H26N2O5S. The second kappa shape index (κ2) is 9.09. The molecule has 0 bridgehead atoms. The van der Waals surface area contributed by atoms with E-state index in [1.165, 1.54) is 6.92 Å². The minimum atomic E-state index is -3.72. The average molecular weight is 419 g/mol. The van der Waals surface area contributed by atoms with Crippen LogP contribution in [0.3, 0.4) is 0 Å². The van der Waals surface area contributed by atoms with Crippen LogP contribution >= 0.6 is 0 Å². The number of nitrogens with zero attached hydrogens (tertiary/aromatic N) is 1. The van der Waals surface area contributed by atoms with E-state index in [0.717, 1.165) is 21.7 Å². The Morgan fingerprint density at radius 3 is 2.31 bits per heavy atom. The van der Waals surface area contributed by atoms with Crippen molar-refractivity contribution in [2.45, 2.75) is 33.8 Å². The number of para-hydroxylation sites is 1. The fraction of sp³-hybridized carbons (Fsp3) is 0.333. The number of anilines is 2. The Bertz CT molecular complexity index is 1020. The Balaban J connectivity index is 2.07. The monoisotopic (exact) mass is 418 g/mol. The molecule has 0 saturated heterocycles. The van der Waals surface area contributed by atoms with E-state index in [1.54, 1.807) is 37.3 Å². The summed E-state index contributed by atoms with van der Waals surface area (Å²) < 4.78 is 30.5. The van der Waals surface area contributed by atoms with Gasteiger partial charge in [-0.05, 0) is 51.0 Å². The number of hydrogen-bond acceptors (Lipinski definition) is 5. The summed E-state index contributed by atoms with van der Waals surface area (Å²) in [4.78, 5) is 24.7. The Labute approximate surface area is 171 Å². The smallest absolute Gasteiger partial charge is 0.327 e. The zero-order valence-electron chi connectivity index (χ0n) is 17.2. The van der Waals surface area contributed by atoms with Crippen LogP contribution in [0.25, 0.3) is 0 Å². The molecular weight excluding hydrogens is 392 g/mol. The van der Waals surface area contributed by atoms with E-state index < -0.39 is 34.5 Å². The lowest BCUT2D eigenvalue weighted by Gasteiger charge is -2.24. The Kier molecular flexibility index (Phi) is 7.02. The van der Waals surface area contributed by atoms with Gasteiger partial charge in [0.05, 0.1) is 11.9 Å². The molecule has 2 aromatic rings. The fourth-order valence-electron chi connectivity index (χ4n) is 2.82. The molecule has 0 unspecified atom stereocenters. The minimum absolute atomic E-state index is 0.388. The maximum Gasteiger partial charge on any atom is 0.327 e. The lowest BCUT2D eigenvalue weighted by molar-refractivity contribution is -0.151. The van der Waals surface area contributed by atoms with Gasteiger partial charge in [0.25, 0.3) is 5.91 Å². The van der Waals surface area contributed by atoms with Gasteiger partial charge in [0, 0.05) is 5.69 Å². The number of rotatable bonds is 7. The van der Waals surface area contributed by atoms with Crippen molar-refractivity contribution in [3.63, 3.8) is 0 Å². The lowest BCUT2D eigenvalue weighted by Crippen LogP contribution is -2.39. The molecule has 0 heterocycles. The zero-order valence-corrected chi connectivity index (χ0v) is 18.0. The van der Waals surface area contributed by atoms with Crippen LogP contribution in [0.2, 0.25) is 0 Å². The first-order chi connectivity index (χ1) is 13.5. The van der Waals surface area contributed by atoms with Crippen LogP contribution in [-0.4, -0.2) is 39.2 Å². The third kappa shape index (κ3) is 6.05. The van der Waals surface area contributed by atoms with Crippen molar-refractivity contribution >= 4 is 33.3 Å². The van der Waals surface area contributed by atoms with E-state index >= 15 is 0 Å². The largest absolute Gasteiger partial charge is 0.451 e. The van der Waals surface area contributed by atoms with E-state index in [-0.39, 0.29) is 0 Å². The van der Waals surface area contributed by atoms with Gasteiger partial charge in [-0.15, -0.1) is 0 Å². The summed E-state index contributed by atoms with van der Waals surface area (Å²) in [5.74, 6) is -1.31. The molecule has 29 heavy (non-hydrogen) atoms. The maximum absolute atomic E-state index is 12.4. The second-order valence-electron chi connectivity index (χ2n) is 7.00. The molecule has 0 saturated carbocycles. The van der Waals surface area contributed by atoms with E-state index in [1.807, 2.05) is 26.0 Å². The molecule has 2 aromatic carbocycles. The van der Waals surface area contributed by atoms with E-state index in [9.17, 15) is 18.0 Å². The highest BCUT2D eigenvalue weighted by molar-refractivity contribution is 7.92. The molecule has 0 fully saturated rings. The number of carbonyl (C=O) groups is 2. The highest BCUT2D eigenvalue weighted by Crippen LogP contribution is 2.22. The van der Waals surface area contributed by atoms with Gasteiger partial charge in [0.1, 0.15) is 6.54 Å². The highest BCUT2D eigenvalue weighted by Gasteiger charge is 2.25. The first-order valence-electron chi connectivity index (χ1n) is 9.10. The number of amides is 1. The predicted octanol–water partition coefficient (Wildman–Crippen LogP) is 2.95. The standard InChI is InChI=1S/C21H26N2O5S/c1-14-10-11-18(16(3)12-14)22-21(25)17(4)28-20(24)13-23(29(5,26)27)19-9-7-6-8-15(19)2/h6-12,17H,13H2,1-5H3,(H,22,25)/t17-/m0/s1. The number of sulfonamides is 1. The van der Waals surface area contributed by atoms with Crippen LogP contribution in [-0.2, 0) is 24.3 Å². The molecule has 0 aliphatic heterocycles. The third-order valence-corrected chi connectivity index (χ3v) is 5.50. The number of nitrogens with one attached hydrogen (secondary N) is 1. The summed E-state index contributed by atoms with van der Waals surface area (Å²) in [5, 5.41) is 2.72.